The van der Waals surface area contributed by atoms with Gasteiger partial charge >= 0.3 is 0 Å². The van der Waals surface area contributed by atoms with Gasteiger partial charge in [-0.1, -0.05) is 43.7 Å². The van der Waals surface area contributed by atoms with E-state index in [1.807, 2.05) is 37.3 Å². The fourth-order valence-corrected chi connectivity index (χ4v) is 1.90. The first-order chi connectivity index (χ1) is 7.64. The highest BCUT2D eigenvalue weighted by Gasteiger charge is 2.35. The van der Waals surface area contributed by atoms with Crippen LogP contribution in [0.15, 0.2) is 30.3 Å². The number of amides is 1. The predicted molar refractivity (Wildman–Crippen MR) is 64.0 cm³/mol. The highest BCUT2D eigenvalue weighted by molar-refractivity contribution is 5.83. The molecule has 1 aromatic carbocycles. The van der Waals surface area contributed by atoms with E-state index in [1.54, 1.807) is 7.11 Å². The number of carbonyl (C=O) groups is 1. The third-order valence-electron chi connectivity index (χ3n) is 2.83. The topological polar surface area (TPSA) is 52.3 Å². The minimum Gasteiger partial charge on any atom is -0.368 e. The van der Waals surface area contributed by atoms with Crippen molar-refractivity contribution in [3.05, 3.63) is 35.9 Å². The summed E-state index contributed by atoms with van der Waals surface area (Å²) in [5.41, 5.74) is 5.65. The molecular weight excluding hydrogens is 202 g/mol. The van der Waals surface area contributed by atoms with Gasteiger partial charge in [0.2, 0.25) is 5.91 Å². The Bertz CT molecular complexity index is 337. The maximum atomic E-state index is 11.5. The van der Waals surface area contributed by atoms with Crippen molar-refractivity contribution in [3.8, 4) is 0 Å². The molecule has 0 spiro atoms. The Kier molecular flexibility index (Phi) is 4.50. The number of hydrogen-bond acceptors (Lipinski definition) is 2. The normalized spacial score (nSPS) is 14.4. The zero-order valence-electron chi connectivity index (χ0n) is 9.90. The van der Waals surface area contributed by atoms with Gasteiger partial charge in [0.1, 0.15) is 5.60 Å². The number of nitrogens with two attached hydrogens (primary N) is 1. The number of primary amides is 1. The molecule has 1 atom stereocenters. The van der Waals surface area contributed by atoms with Crippen LogP contribution in [0.3, 0.4) is 0 Å². The van der Waals surface area contributed by atoms with Crippen LogP contribution in [0.5, 0.6) is 0 Å². The van der Waals surface area contributed by atoms with Crippen molar-refractivity contribution < 1.29 is 9.53 Å². The van der Waals surface area contributed by atoms with Crippen molar-refractivity contribution in [2.45, 2.75) is 31.8 Å². The van der Waals surface area contributed by atoms with Crippen molar-refractivity contribution in [2.24, 2.45) is 5.73 Å². The lowest BCUT2D eigenvalue weighted by atomic mass is 9.89. The smallest absolute Gasteiger partial charge is 0.250 e. The van der Waals surface area contributed by atoms with Crippen LogP contribution >= 0.6 is 0 Å². The number of rotatable bonds is 6. The third-order valence-corrected chi connectivity index (χ3v) is 2.83. The molecule has 2 N–H and O–H groups in total. The van der Waals surface area contributed by atoms with E-state index in [9.17, 15) is 4.79 Å². The van der Waals surface area contributed by atoms with Crippen LogP contribution in [-0.2, 0) is 16.0 Å². The van der Waals surface area contributed by atoms with Crippen molar-refractivity contribution in [2.75, 3.05) is 7.11 Å². The van der Waals surface area contributed by atoms with Gasteiger partial charge in [0, 0.05) is 13.5 Å². The number of hydrogen-bond donors (Lipinski definition) is 1. The summed E-state index contributed by atoms with van der Waals surface area (Å²) >= 11 is 0. The van der Waals surface area contributed by atoms with E-state index in [0.717, 1.165) is 12.0 Å². The minimum atomic E-state index is -0.865. The molecular formula is C13H19NO2. The predicted octanol–water partition coefficient (Wildman–Crippen LogP) is 1.90. The van der Waals surface area contributed by atoms with Crippen molar-refractivity contribution >= 4 is 5.91 Å². The third kappa shape index (κ3) is 2.83. The number of methoxy groups -OCH3 is 1. The van der Waals surface area contributed by atoms with Gasteiger partial charge in [0.05, 0.1) is 0 Å². The first kappa shape index (κ1) is 12.7. The Hall–Kier alpha value is -1.35. The summed E-state index contributed by atoms with van der Waals surface area (Å²) < 4.78 is 5.37. The highest BCUT2D eigenvalue weighted by Crippen LogP contribution is 2.22. The molecule has 0 aromatic heterocycles. The largest absolute Gasteiger partial charge is 0.368 e. The molecule has 0 aliphatic rings. The zero-order valence-corrected chi connectivity index (χ0v) is 9.90. The van der Waals surface area contributed by atoms with Gasteiger partial charge in [-0.2, -0.15) is 0 Å². The molecule has 0 saturated heterocycles. The molecule has 16 heavy (non-hydrogen) atoms. The second-order valence-electron chi connectivity index (χ2n) is 3.98. The minimum absolute atomic E-state index is 0.388. The Labute approximate surface area is 96.6 Å². The molecule has 1 aromatic rings. The van der Waals surface area contributed by atoms with Gasteiger partial charge in [-0.15, -0.1) is 0 Å². The van der Waals surface area contributed by atoms with Gasteiger partial charge in [0.15, 0.2) is 0 Å². The van der Waals surface area contributed by atoms with Crippen LogP contribution in [0, 0.1) is 0 Å². The molecule has 0 saturated carbocycles. The highest BCUT2D eigenvalue weighted by atomic mass is 16.5. The first-order valence-corrected chi connectivity index (χ1v) is 5.53. The van der Waals surface area contributed by atoms with Crippen molar-refractivity contribution in [1.29, 1.82) is 0 Å². The van der Waals surface area contributed by atoms with Gasteiger partial charge in [-0.25, -0.2) is 0 Å². The summed E-state index contributed by atoms with van der Waals surface area (Å²) in [6.45, 7) is 2.02. The average molecular weight is 221 g/mol. The second kappa shape index (κ2) is 5.66. The molecule has 88 valence electrons. The summed E-state index contributed by atoms with van der Waals surface area (Å²) in [6.07, 6.45) is 2.05. The molecule has 0 fully saturated rings. The lowest BCUT2D eigenvalue weighted by Crippen LogP contribution is -2.47. The molecule has 3 heteroatoms. The number of ether oxygens (including phenoxy) is 1. The Morgan fingerprint density at radius 2 is 2.00 bits per heavy atom. The van der Waals surface area contributed by atoms with Crippen molar-refractivity contribution in [3.63, 3.8) is 0 Å². The molecule has 0 heterocycles. The maximum absolute atomic E-state index is 11.5. The van der Waals surface area contributed by atoms with Crippen LogP contribution in [0.1, 0.15) is 25.3 Å². The lowest BCUT2D eigenvalue weighted by molar-refractivity contribution is -0.140. The van der Waals surface area contributed by atoms with Crippen LogP contribution in [0.25, 0.3) is 0 Å². The van der Waals surface area contributed by atoms with E-state index in [1.165, 1.54) is 0 Å². The standard InChI is InChI=1S/C13H19NO2/c1-3-9-13(16-2,12(14)15)10-11-7-5-4-6-8-11/h4-8H,3,9-10H2,1-2H3,(H2,14,15). The Morgan fingerprint density at radius 1 is 1.38 bits per heavy atom. The summed E-state index contributed by atoms with van der Waals surface area (Å²) in [7, 11) is 1.54. The number of carbonyl (C=O) groups excluding carboxylic acids is 1. The Morgan fingerprint density at radius 3 is 2.44 bits per heavy atom. The summed E-state index contributed by atoms with van der Waals surface area (Å²) in [4.78, 5) is 11.5. The van der Waals surface area contributed by atoms with E-state index in [2.05, 4.69) is 0 Å². The first-order valence-electron chi connectivity index (χ1n) is 5.53. The van der Waals surface area contributed by atoms with Crippen molar-refractivity contribution in [1.82, 2.24) is 0 Å². The van der Waals surface area contributed by atoms with Crippen LogP contribution in [-0.4, -0.2) is 18.6 Å². The Balaban J connectivity index is 2.90. The lowest BCUT2D eigenvalue weighted by Gasteiger charge is -2.28. The summed E-state index contributed by atoms with van der Waals surface area (Å²) in [5, 5.41) is 0. The fourth-order valence-electron chi connectivity index (χ4n) is 1.90. The van der Waals surface area contributed by atoms with Gasteiger partial charge in [-0.05, 0) is 12.0 Å². The quantitative estimate of drug-likeness (QED) is 0.797. The molecule has 1 rings (SSSR count). The van der Waals surface area contributed by atoms with E-state index in [4.69, 9.17) is 10.5 Å². The molecule has 3 nitrogen and oxygen atoms in total. The molecule has 0 radical (unpaired) electrons. The maximum Gasteiger partial charge on any atom is 0.250 e. The van der Waals surface area contributed by atoms with Crippen LogP contribution < -0.4 is 5.73 Å². The molecule has 0 aliphatic carbocycles. The van der Waals surface area contributed by atoms with E-state index < -0.39 is 5.60 Å². The molecule has 1 amide bonds. The molecule has 0 bridgehead atoms. The van der Waals surface area contributed by atoms with Gasteiger partial charge in [0.25, 0.3) is 0 Å². The van der Waals surface area contributed by atoms with Gasteiger partial charge in [-0.3, -0.25) is 4.79 Å². The van der Waals surface area contributed by atoms with E-state index in [-0.39, 0.29) is 5.91 Å². The molecule has 0 aliphatic heterocycles. The molecule has 1 unspecified atom stereocenters. The number of benzene rings is 1. The SMILES string of the molecule is CCCC(Cc1ccccc1)(OC)C(N)=O. The van der Waals surface area contributed by atoms with Crippen LogP contribution in [0.2, 0.25) is 0 Å². The van der Waals surface area contributed by atoms with Crippen LogP contribution in [0.4, 0.5) is 0 Å². The van der Waals surface area contributed by atoms with E-state index >= 15 is 0 Å². The summed E-state index contributed by atoms with van der Waals surface area (Å²) in [5.74, 6) is -0.388. The van der Waals surface area contributed by atoms with E-state index in [0.29, 0.717) is 12.8 Å². The second-order valence-corrected chi connectivity index (χ2v) is 3.98. The zero-order chi connectivity index (χ0) is 12.0. The summed E-state index contributed by atoms with van der Waals surface area (Å²) in [6, 6.07) is 9.80. The fraction of sp³-hybridized carbons (Fsp3) is 0.462. The average Bonchev–Trinajstić information content (AvgIpc) is 2.29. The van der Waals surface area contributed by atoms with Gasteiger partial charge < -0.3 is 10.5 Å². The monoisotopic (exact) mass is 221 g/mol.